The molecule has 2 heteroatoms. The van der Waals surface area contributed by atoms with Crippen molar-refractivity contribution in [3.8, 4) is 0 Å². The highest BCUT2D eigenvalue weighted by Crippen LogP contribution is 2.33. The van der Waals surface area contributed by atoms with Gasteiger partial charge in [-0.2, -0.15) is 0 Å². The van der Waals surface area contributed by atoms with Crippen LogP contribution in [0.1, 0.15) is 43.7 Å². The lowest BCUT2D eigenvalue weighted by Gasteiger charge is -2.32. The third-order valence-corrected chi connectivity index (χ3v) is 4.77. The summed E-state index contributed by atoms with van der Waals surface area (Å²) in [6, 6.07) is 6.50. The van der Waals surface area contributed by atoms with Gasteiger partial charge in [-0.1, -0.05) is 43.5 Å². The molecule has 0 saturated heterocycles. The second-order valence-electron chi connectivity index (χ2n) is 5.91. The van der Waals surface area contributed by atoms with Crippen LogP contribution in [0.2, 0.25) is 5.02 Å². The van der Waals surface area contributed by atoms with Crippen molar-refractivity contribution >= 4 is 11.6 Å². The largest absolute Gasteiger partial charge is 0.317 e. The Morgan fingerprint density at radius 1 is 1.21 bits per heavy atom. The van der Waals surface area contributed by atoms with E-state index in [-0.39, 0.29) is 0 Å². The van der Waals surface area contributed by atoms with Crippen molar-refractivity contribution in [1.29, 1.82) is 0 Å². The number of nitrogens with one attached hydrogen (secondary N) is 1. The highest BCUT2D eigenvalue weighted by Gasteiger charge is 2.25. The predicted molar refractivity (Wildman–Crippen MR) is 83.9 cm³/mol. The molecule has 1 N–H and O–H groups in total. The van der Waals surface area contributed by atoms with Crippen molar-refractivity contribution in [1.82, 2.24) is 5.32 Å². The van der Waals surface area contributed by atoms with Gasteiger partial charge in [0.1, 0.15) is 0 Å². The maximum absolute atomic E-state index is 6.39. The number of aryl methyl sites for hydroxylation is 1. The maximum atomic E-state index is 6.39. The minimum absolute atomic E-state index is 0.799. The monoisotopic (exact) mass is 279 g/mol. The minimum atomic E-state index is 0.799. The van der Waals surface area contributed by atoms with Gasteiger partial charge in [0.2, 0.25) is 0 Å². The number of rotatable bonds is 5. The molecule has 1 aliphatic carbocycles. The van der Waals surface area contributed by atoms with Crippen molar-refractivity contribution in [2.45, 2.75) is 46.0 Å². The van der Waals surface area contributed by atoms with Gasteiger partial charge in [-0.15, -0.1) is 0 Å². The Kier molecular flexibility index (Phi) is 5.72. The molecule has 1 nitrogen and oxygen atoms in total. The summed E-state index contributed by atoms with van der Waals surface area (Å²) >= 11 is 6.39. The quantitative estimate of drug-likeness (QED) is 0.830. The first kappa shape index (κ1) is 14.9. The SMILES string of the molecule is CCNCC1CCCCC1Cc1ccc(C)cc1Cl. The summed E-state index contributed by atoms with van der Waals surface area (Å²) in [6.07, 6.45) is 6.67. The van der Waals surface area contributed by atoms with Crippen LogP contribution in [0, 0.1) is 18.8 Å². The fraction of sp³-hybridized carbons (Fsp3) is 0.647. The Morgan fingerprint density at radius 2 is 1.95 bits per heavy atom. The molecule has 0 bridgehead atoms. The van der Waals surface area contributed by atoms with E-state index in [1.807, 2.05) is 0 Å². The molecule has 1 saturated carbocycles. The Hall–Kier alpha value is -0.530. The molecule has 2 atom stereocenters. The Morgan fingerprint density at radius 3 is 2.63 bits per heavy atom. The van der Waals surface area contributed by atoms with Gasteiger partial charge in [-0.3, -0.25) is 0 Å². The van der Waals surface area contributed by atoms with Gasteiger partial charge in [0.25, 0.3) is 0 Å². The topological polar surface area (TPSA) is 12.0 Å². The predicted octanol–water partition coefficient (Wildman–Crippen LogP) is 4.61. The van der Waals surface area contributed by atoms with Crippen LogP contribution in [-0.4, -0.2) is 13.1 Å². The molecule has 0 heterocycles. The fourth-order valence-electron chi connectivity index (χ4n) is 3.25. The summed E-state index contributed by atoms with van der Waals surface area (Å²) in [5.74, 6) is 1.62. The van der Waals surface area contributed by atoms with Gasteiger partial charge < -0.3 is 5.32 Å². The Bertz CT molecular complexity index is 402. The van der Waals surface area contributed by atoms with E-state index in [0.717, 1.165) is 29.8 Å². The van der Waals surface area contributed by atoms with Gasteiger partial charge in [0.05, 0.1) is 0 Å². The van der Waals surface area contributed by atoms with E-state index in [2.05, 4.69) is 37.4 Å². The lowest BCUT2D eigenvalue weighted by Crippen LogP contribution is -2.31. The summed E-state index contributed by atoms with van der Waals surface area (Å²) in [4.78, 5) is 0. The molecule has 1 aromatic carbocycles. The van der Waals surface area contributed by atoms with Gasteiger partial charge in [0, 0.05) is 5.02 Å². The third kappa shape index (κ3) is 4.22. The van der Waals surface area contributed by atoms with Crippen LogP contribution in [0.25, 0.3) is 0 Å². The molecular weight excluding hydrogens is 254 g/mol. The van der Waals surface area contributed by atoms with E-state index in [1.165, 1.54) is 43.4 Å². The number of hydrogen-bond donors (Lipinski definition) is 1. The lowest BCUT2D eigenvalue weighted by molar-refractivity contribution is 0.229. The second kappa shape index (κ2) is 7.31. The zero-order valence-electron chi connectivity index (χ0n) is 12.2. The lowest BCUT2D eigenvalue weighted by atomic mass is 9.76. The highest BCUT2D eigenvalue weighted by molar-refractivity contribution is 6.31. The van der Waals surface area contributed by atoms with Crippen molar-refractivity contribution in [3.63, 3.8) is 0 Å². The van der Waals surface area contributed by atoms with Crippen LogP contribution in [0.15, 0.2) is 18.2 Å². The minimum Gasteiger partial charge on any atom is -0.317 e. The number of benzene rings is 1. The molecular formula is C17H26ClN. The first-order valence-electron chi connectivity index (χ1n) is 7.66. The summed E-state index contributed by atoms with van der Waals surface area (Å²) in [5.41, 5.74) is 2.59. The molecule has 0 radical (unpaired) electrons. The second-order valence-corrected chi connectivity index (χ2v) is 6.32. The van der Waals surface area contributed by atoms with E-state index in [1.54, 1.807) is 0 Å². The van der Waals surface area contributed by atoms with Crippen LogP contribution in [-0.2, 0) is 6.42 Å². The normalized spacial score (nSPS) is 23.5. The van der Waals surface area contributed by atoms with Gasteiger partial charge in [-0.25, -0.2) is 0 Å². The molecule has 19 heavy (non-hydrogen) atoms. The van der Waals surface area contributed by atoms with E-state index in [0.29, 0.717) is 0 Å². The van der Waals surface area contributed by atoms with Crippen LogP contribution in [0.5, 0.6) is 0 Å². The Labute approximate surface area is 122 Å². The molecule has 0 aliphatic heterocycles. The molecule has 0 spiro atoms. The first-order chi connectivity index (χ1) is 9.20. The molecule has 106 valence electrons. The standard InChI is InChI=1S/C17H26ClN/c1-3-19-12-16-7-5-4-6-14(16)11-15-9-8-13(2)10-17(15)18/h8-10,14,16,19H,3-7,11-12H2,1-2H3. The molecule has 0 amide bonds. The highest BCUT2D eigenvalue weighted by atomic mass is 35.5. The Balaban J connectivity index is 2.02. The maximum Gasteiger partial charge on any atom is 0.0440 e. The third-order valence-electron chi connectivity index (χ3n) is 4.41. The summed E-state index contributed by atoms with van der Waals surface area (Å²) in [5, 5.41) is 4.48. The fourth-order valence-corrected chi connectivity index (χ4v) is 3.56. The van der Waals surface area contributed by atoms with Crippen molar-refractivity contribution in [3.05, 3.63) is 34.3 Å². The zero-order valence-corrected chi connectivity index (χ0v) is 13.0. The molecule has 2 rings (SSSR count). The molecule has 1 aliphatic rings. The van der Waals surface area contributed by atoms with Gasteiger partial charge in [-0.05, 0) is 68.3 Å². The molecule has 2 unspecified atom stereocenters. The average molecular weight is 280 g/mol. The van der Waals surface area contributed by atoms with Crippen LogP contribution >= 0.6 is 11.6 Å². The zero-order chi connectivity index (χ0) is 13.7. The summed E-state index contributed by atoms with van der Waals surface area (Å²) in [6.45, 7) is 6.54. The van der Waals surface area contributed by atoms with E-state index >= 15 is 0 Å². The van der Waals surface area contributed by atoms with Crippen molar-refractivity contribution in [2.24, 2.45) is 11.8 Å². The van der Waals surface area contributed by atoms with Crippen LogP contribution in [0.3, 0.4) is 0 Å². The van der Waals surface area contributed by atoms with Crippen LogP contribution in [0.4, 0.5) is 0 Å². The summed E-state index contributed by atoms with van der Waals surface area (Å²) < 4.78 is 0. The molecule has 0 aromatic heterocycles. The van der Waals surface area contributed by atoms with Gasteiger partial charge >= 0.3 is 0 Å². The van der Waals surface area contributed by atoms with E-state index in [9.17, 15) is 0 Å². The van der Waals surface area contributed by atoms with Crippen molar-refractivity contribution < 1.29 is 0 Å². The average Bonchev–Trinajstić information content (AvgIpc) is 2.41. The summed E-state index contributed by atoms with van der Waals surface area (Å²) in [7, 11) is 0. The molecule has 1 aromatic rings. The van der Waals surface area contributed by atoms with Crippen molar-refractivity contribution in [2.75, 3.05) is 13.1 Å². The number of hydrogen-bond acceptors (Lipinski definition) is 1. The molecule has 1 fully saturated rings. The number of halogens is 1. The van der Waals surface area contributed by atoms with Crippen LogP contribution < -0.4 is 5.32 Å². The van der Waals surface area contributed by atoms with Gasteiger partial charge in [0.15, 0.2) is 0 Å². The van der Waals surface area contributed by atoms with E-state index in [4.69, 9.17) is 11.6 Å². The van der Waals surface area contributed by atoms with E-state index < -0.39 is 0 Å². The smallest absolute Gasteiger partial charge is 0.0440 e. The first-order valence-corrected chi connectivity index (χ1v) is 8.04.